The molecule has 0 unspecified atom stereocenters. The Hall–Kier alpha value is -2.15. The summed E-state index contributed by atoms with van der Waals surface area (Å²) < 4.78 is 4.95. The third-order valence-electron chi connectivity index (χ3n) is 2.11. The van der Waals surface area contributed by atoms with Crippen LogP contribution in [0.5, 0.6) is 0 Å². The number of carbonyl (C=O) groups excluding carboxylic acids is 1. The summed E-state index contributed by atoms with van der Waals surface area (Å²) >= 11 is 0. The number of anilines is 1. The van der Waals surface area contributed by atoms with Crippen LogP contribution in [0, 0.1) is 6.92 Å². The number of carboxylic acid groups (broad SMARTS) is 1. The van der Waals surface area contributed by atoms with E-state index in [1.165, 1.54) is 6.07 Å². The minimum Gasteiger partial charge on any atom is -0.478 e. The zero-order chi connectivity index (χ0) is 13.5. The van der Waals surface area contributed by atoms with Crippen molar-refractivity contribution in [2.24, 2.45) is 5.73 Å². The van der Waals surface area contributed by atoms with E-state index in [1.54, 1.807) is 13.0 Å². The topological polar surface area (TPSA) is 115 Å². The second-order valence-corrected chi connectivity index (χ2v) is 3.58. The summed E-state index contributed by atoms with van der Waals surface area (Å²) in [7, 11) is 0. The number of aryl methyl sites for hydroxylation is 1. The Morgan fingerprint density at radius 1 is 1.50 bits per heavy atom. The number of aromatic carboxylic acids is 1. The lowest BCUT2D eigenvalue weighted by atomic mass is 10.2. The summed E-state index contributed by atoms with van der Waals surface area (Å²) in [4.78, 5) is 25.2. The van der Waals surface area contributed by atoms with Gasteiger partial charge < -0.3 is 20.9 Å². The predicted octanol–water partition coefficient (Wildman–Crippen LogP) is 0.00202. The van der Waals surface area contributed by atoms with Crippen molar-refractivity contribution >= 4 is 17.7 Å². The molecule has 0 saturated carbocycles. The summed E-state index contributed by atoms with van der Waals surface area (Å²) in [6, 6.07) is 3.06. The second kappa shape index (κ2) is 6.55. The molecule has 1 rings (SSSR count). The van der Waals surface area contributed by atoms with Crippen LogP contribution in [0.1, 0.15) is 16.1 Å². The Labute approximate surface area is 104 Å². The summed E-state index contributed by atoms with van der Waals surface area (Å²) in [6.07, 6.45) is 0. The predicted molar refractivity (Wildman–Crippen MR) is 64.4 cm³/mol. The molecule has 18 heavy (non-hydrogen) atoms. The van der Waals surface area contributed by atoms with Gasteiger partial charge in [0.05, 0.1) is 17.9 Å². The van der Waals surface area contributed by atoms with Gasteiger partial charge >= 0.3 is 5.97 Å². The fraction of sp³-hybridized carbons (Fsp3) is 0.364. The molecular formula is C11H15N3O4. The van der Waals surface area contributed by atoms with Gasteiger partial charge in [0.25, 0.3) is 0 Å². The van der Waals surface area contributed by atoms with Gasteiger partial charge in [0.15, 0.2) is 0 Å². The third-order valence-corrected chi connectivity index (χ3v) is 2.11. The molecule has 1 aromatic rings. The van der Waals surface area contributed by atoms with Crippen LogP contribution in [-0.4, -0.2) is 41.7 Å². The molecule has 0 aromatic carbocycles. The molecule has 0 spiro atoms. The van der Waals surface area contributed by atoms with Crippen LogP contribution in [0.25, 0.3) is 0 Å². The number of hydrogen-bond donors (Lipinski definition) is 3. The van der Waals surface area contributed by atoms with Crippen molar-refractivity contribution in [3.63, 3.8) is 0 Å². The Morgan fingerprint density at radius 3 is 2.78 bits per heavy atom. The van der Waals surface area contributed by atoms with Crippen molar-refractivity contribution in [1.29, 1.82) is 0 Å². The number of primary amides is 1. The van der Waals surface area contributed by atoms with Crippen LogP contribution in [0.2, 0.25) is 0 Å². The Kier molecular flexibility index (Phi) is 5.06. The molecule has 7 nitrogen and oxygen atoms in total. The highest BCUT2D eigenvalue weighted by molar-refractivity contribution is 5.89. The lowest BCUT2D eigenvalue weighted by molar-refractivity contribution is -0.122. The van der Waals surface area contributed by atoms with E-state index in [-0.39, 0.29) is 12.2 Å². The smallest absolute Gasteiger partial charge is 0.337 e. The largest absolute Gasteiger partial charge is 0.478 e. The number of carbonyl (C=O) groups is 2. The first-order chi connectivity index (χ1) is 8.50. The molecule has 1 aromatic heterocycles. The molecule has 1 amide bonds. The fourth-order valence-electron chi connectivity index (χ4n) is 1.31. The molecule has 0 radical (unpaired) electrons. The lowest BCUT2D eigenvalue weighted by Gasteiger charge is -2.07. The number of nitrogens with one attached hydrogen (secondary N) is 1. The number of aromatic nitrogens is 1. The molecule has 0 bridgehead atoms. The number of hydrogen-bond acceptors (Lipinski definition) is 5. The van der Waals surface area contributed by atoms with Gasteiger partial charge in [-0.3, -0.25) is 4.79 Å². The highest BCUT2D eigenvalue weighted by atomic mass is 16.5. The average Bonchev–Trinajstić information content (AvgIpc) is 2.27. The molecule has 0 aliphatic heterocycles. The number of nitrogens with zero attached hydrogens (tertiary/aromatic N) is 1. The van der Waals surface area contributed by atoms with Crippen LogP contribution in [-0.2, 0) is 9.53 Å². The van der Waals surface area contributed by atoms with Crippen LogP contribution in [0.15, 0.2) is 12.1 Å². The summed E-state index contributed by atoms with van der Waals surface area (Å²) in [5, 5.41) is 11.8. The SMILES string of the molecule is Cc1nc(NCCOCC(N)=O)ccc1C(=O)O. The fourth-order valence-corrected chi connectivity index (χ4v) is 1.31. The molecule has 0 fully saturated rings. The molecule has 7 heteroatoms. The van der Waals surface area contributed by atoms with E-state index in [1.807, 2.05) is 0 Å². The Morgan fingerprint density at radius 2 is 2.22 bits per heavy atom. The van der Waals surface area contributed by atoms with E-state index >= 15 is 0 Å². The van der Waals surface area contributed by atoms with Crippen LogP contribution < -0.4 is 11.1 Å². The number of amides is 1. The zero-order valence-corrected chi connectivity index (χ0v) is 9.97. The third kappa shape index (κ3) is 4.38. The average molecular weight is 253 g/mol. The van der Waals surface area contributed by atoms with E-state index in [0.29, 0.717) is 24.7 Å². The number of pyridine rings is 1. The number of nitrogens with two attached hydrogens (primary N) is 1. The molecule has 4 N–H and O–H groups in total. The van der Waals surface area contributed by atoms with Crippen LogP contribution in [0.4, 0.5) is 5.82 Å². The zero-order valence-electron chi connectivity index (χ0n) is 9.97. The van der Waals surface area contributed by atoms with Crippen molar-refractivity contribution in [3.05, 3.63) is 23.4 Å². The molecular weight excluding hydrogens is 238 g/mol. The Bertz CT molecular complexity index is 448. The van der Waals surface area contributed by atoms with Crippen LogP contribution in [0.3, 0.4) is 0 Å². The molecule has 0 aliphatic carbocycles. The standard InChI is InChI=1S/C11H15N3O4/c1-7-8(11(16)17)2-3-10(14-7)13-4-5-18-6-9(12)15/h2-3H,4-6H2,1H3,(H2,12,15)(H,13,14)(H,16,17). The molecule has 0 aliphatic rings. The first kappa shape index (κ1) is 13.9. The van der Waals surface area contributed by atoms with E-state index in [0.717, 1.165) is 0 Å². The van der Waals surface area contributed by atoms with Crippen LogP contribution >= 0.6 is 0 Å². The minimum absolute atomic E-state index is 0.119. The number of carboxylic acids is 1. The highest BCUT2D eigenvalue weighted by Crippen LogP contribution is 2.10. The molecule has 0 saturated heterocycles. The van der Waals surface area contributed by atoms with Gasteiger partial charge in [-0.25, -0.2) is 9.78 Å². The first-order valence-electron chi connectivity index (χ1n) is 5.31. The van der Waals surface area contributed by atoms with Gasteiger partial charge in [-0.1, -0.05) is 0 Å². The van der Waals surface area contributed by atoms with Crippen molar-refractivity contribution in [3.8, 4) is 0 Å². The van der Waals surface area contributed by atoms with Gasteiger partial charge in [-0.2, -0.15) is 0 Å². The van der Waals surface area contributed by atoms with Gasteiger partial charge in [0.2, 0.25) is 5.91 Å². The first-order valence-corrected chi connectivity index (χ1v) is 5.31. The van der Waals surface area contributed by atoms with Crippen molar-refractivity contribution in [2.45, 2.75) is 6.92 Å². The van der Waals surface area contributed by atoms with E-state index in [4.69, 9.17) is 15.6 Å². The molecule has 1 heterocycles. The molecule has 0 atom stereocenters. The summed E-state index contributed by atoms with van der Waals surface area (Å²) in [5.74, 6) is -0.966. The van der Waals surface area contributed by atoms with Crippen molar-refractivity contribution in [1.82, 2.24) is 4.98 Å². The number of ether oxygens (including phenoxy) is 1. The highest BCUT2D eigenvalue weighted by Gasteiger charge is 2.08. The van der Waals surface area contributed by atoms with E-state index in [2.05, 4.69) is 10.3 Å². The molecule has 98 valence electrons. The van der Waals surface area contributed by atoms with Crippen molar-refractivity contribution in [2.75, 3.05) is 25.1 Å². The lowest BCUT2D eigenvalue weighted by Crippen LogP contribution is -2.20. The van der Waals surface area contributed by atoms with Gasteiger partial charge in [0.1, 0.15) is 12.4 Å². The van der Waals surface area contributed by atoms with E-state index < -0.39 is 11.9 Å². The summed E-state index contributed by atoms with van der Waals surface area (Å²) in [5.41, 5.74) is 5.51. The van der Waals surface area contributed by atoms with E-state index in [9.17, 15) is 9.59 Å². The van der Waals surface area contributed by atoms with Gasteiger partial charge in [0, 0.05) is 6.54 Å². The number of rotatable bonds is 7. The summed E-state index contributed by atoms with van der Waals surface area (Å²) in [6.45, 7) is 2.26. The normalized spacial score (nSPS) is 10.1. The van der Waals surface area contributed by atoms with Gasteiger partial charge in [-0.15, -0.1) is 0 Å². The maximum atomic E-state index is 10.8. The minimum atomic E-state index is -1.00. The Balaban J connectivity index is 2.42. The quantitative estimate of drug-likeness (QED) is 0.589. The monoisotopic (exact) mass is 253 g/mol. The van der Waals surface area contributed by atoms with Crippen molar-refractivity contribution < 1.29 is 19.4 Å². The maximum absolute atomic E-state index is 10.8. The second-order valence-electron chi connectivity index (χ2n) is 3.58. The maximum Gasteiger partial charge on any atom is 0.337 e. The van der Waals surface area contributed by atoms with Gasteiger partial charge in [-0.05, 0) is 19.1 Å².